The van der Waals surface area contributed by atoms with E-state index in [0.717, 1.165) is 24.3 Å². The molecule has 0 bridgehead atoms. The van der Waals surface area contributed by atoms with Crippen LogP contribution in [0.2, 0.25) is 5.02 Å². The zero-order chi connectivity index (χ0) is 19.5. The lowest BCUT2D eigenvalue weighted by Crippen LogP contribution is -2.50. The van der Waals surface area contributed by atoms with Gasteiger partial charge >= 0.3 is 0 Å². The van der Waals surface area contributed by atoms with Gasteiger partial charge in [0.1, 0.15) is 5.75 Å². The number of rotatable bonds is 3. The van der Waals surface area contributed by atoms with E-state index in [1.807, 2.05) is 18.2 Å². The number of carbonyl (C=O) groups excluding carboxylic acids is 2. The zero-order valence-corrected chi connectivity index (χ0v) is 16.2. The van der Waals surface area contributed by atoms with Crippen LogP contribution in [0.25, 0.3) is 6.08 Å². The highest BCUT2D eigenvalue weighted by Gasteiger charge is 2.24. The Morgan fingerprint density at radius 3 is 2.57 bits per heavy atom. The Hall–Kier alpha value is -2.79. The molecule has 0 saturated carbocycles. The van der Waals surface area contributed by atoms with Gasteiger partial charge in [-0.05, 0) is 47.5 Å². The SMILES string of the molecule is O=C(/C=C/c1ccc2c(c1)CCO2)N1CCN(C(=O)c2cccc(Cl)c2)CC1. The van der Waals surface area contributed by atoms with Gasteiger partial charge in [-0.2, -0.15) is 0 Å². The molecule has 0 N–H and O–H groups in total. The largest absolute Gasteiger partial charge is 0.493 e. The molecule has 144 valence electrons. The fourth-order valence-corrected chi connectivity index (χ4v) is 3.71. The molecule has 28 heavy (non-hydrogen) atoms. The Morgan fingerprint density at radius 2 is 1.79 bits per heavy atom. The van der Waals surface area contributed by atoms with Gasteiger partial charge in [0.2, 0.25) is 5.91 Å². The van der Waals surface area contributed by atoms with E-state index in [1.165, 1.54) is 5.56 Å². The molecule has 6 heteroatoms. The summed E-state index contributed by atoms with van der Waals surface area (Å²) in [6, 6.07) is 12.9. The second kappa shape index (κ2) is 8.07. The number of carbonyl (C=O) groups is 2. The number of fused-ring (bicyclic) bond motifs is 1. The van der Waals surface area contributed by atoms with E-state index < -0.39 is 0 Å². The average Bonchev–Trinajstić information content (AvgIpc) is 3.19. The number of hydrogen-bond acceptors (Lipinski definition) is 3. The van der Waals surface area contributed by atoms with Crippen LogP contribution in [0.4, 0.5) is 0 Å². The Labute approximate surface area is 169 Å². The highest BCUT2D eigenvalue weighted by molar-refractivity contribution is 6.30. The molecule has 2 aromatic rings. The van der Waals surface area contributed by atoms with Crippen molar-refractivity contribution in [2.24, 2.45) is 0 Å². The summed E-state index contributed by atoms with van der Waals surface area (Å²) in [5, 5.41) is 0.544. The lowest BCUT2D eigenvalue weighted by molar-refractivity contribution is -0.127. The van der Waals surface area contributed by atoms with E-state index in [1.54, 1.807) is 40.1 Å². The molecule has 5 nitrogen and oxygen atoms in total. The van der Waals surface area contributed by atoms with Gasteiger partial charge in [0, 0.05) is 49.3 Å². The maximum absolute atomic E-state index is 12.6. The summed E-state index contributed by atoms with van der Waals surface area (Å²) in [6.45, 7) is 2.79. The first-order valence-electron chi connectivity index (χ1n) is 9.38. The van der Waals surface area contributed by atoms with Gasteiger partial charge in [0.05, 0.1) is 6.61 Å². The Bertz CT molecular complexity index is 933. The fourth-order valence-electron chi connectivity index (χ4n) is 3.52. The molecule has 4 rings (SSSR count). The van der Waals surface area contributed by atoms with Crippen LogP contribution in [0.3, 0.4) is 0 Å². The molecule has 2 aliphatic heterocycles. The average molecular weight is 397 g/mol. The standard InChI is InChI=1S/C22H21ClN2O3/c23-19-3-1-2-18(15-19)22(27)25-11-9-24(10-12-25)21(26)7-5-16-4-6-20-17(14-16)8-13-28-20/h1-7,14-15H,8-13H2/b7-5+. The summed E-state index contributed by atoms with van der Waals surface area (Å²) < 4.78 is 5.50. The van der Waals surface area contributed by atoms with E-state index >= 15 is 0 Å². The van der Waals surface area contributed by atoms with Gasteiger partial charge in [-0.3, -0.25) is 9.59 Å². The minimum absolute atomic E-state index is 0.0356. The van der Waals surface area contributed by atoms with Crippen molar-refractivity contribution in [3.8, 4) is 5.75 Å². The topological polar surface area (TPSA) is 49.9 Å². The van der Waals surface area contributed by atoms with Crippen LogP contribution in [-0.4, -0.2) is 54.4 Å². The lowest BCUT2D eigenvalue weighted by Gasteiger charge is -2.34. The van der Waals surface area contributed by atoms with E-state index in [-0.39, 0.29) is 11.8 Å². The first-order valence-corrected chi connectivity index (χ1v) is 9.75. The Morgan fingerprint density at radius 1 is 1.00 bits per heavy atom. The van der Waals surface area contributed by atoms with Crippen LogP contribution in [0, 0.1) is 0 Å². The van der Waals surface area contributed by atoms with Crippen LogP contribution in [0.1, 0.15) is 21.5 Å². The molecule has 0 unspecified atom stereocenters. The van der Waals surface area contributed by atoms with Crippen molar-refractivity contribution in [3.05, 3.63) is 70.3 Å². The lowest BCUT2D eigenvalue weighted by atomic mass is 10.1. The Kier molecular flexibility index (Phi) is 5.35. The van der Waals surface area contributed by atoms with Crippen LogP contribution in [0.5, 0.6) is 5.75 Å². The van der Waals surface area contributed by atoms with Gasteiger partial charge in [0.15, 0.2) is 0 Å². The van der Waals surface area contributed by atoms with Gasteiger partial charge in [-0.15, -0.1) is 0 Å². The summed E-state index contributed by atoms with van der Waals surface area (Å²) in [7, 11) is 0. The maximum Gasteiger partial charge on any atom is 0.254 e. The summed E-state index contributed by atoms with van der Waals surface area (Å²) in [6.07, 6.45) is 4.35. The molecule has 1 fully saturated rings. The number of halogens is 1. The van der Waals surface area contributed by atoms with Crippen LogP contribution in [0.15, 0.2) is 48.5 Å². The summed E-state index contributed by atoms with van der Waals surface area (Å²) >= 11 is 5.97. The highest BCUT2D eigenvalue weighted by atomic mass is 35.5. The number of amides is 2. The Balaban J connectivity index is 1.33. The maximum atomic E-state index is 12.6. The second-order valence-electron chi connectivity index (χ2n) is 6.93. The highest BCUT2D eigenvalue weighted by Crippen LogP contribution is 2.26. The predicted octanol–water partition coefficient (Wildman–Crippen LogP) is 3.27. The van der Waals surface area contributed by atoms with Crippen molar-refractivity contribution in [2.45, 2.75) is 6.42 Å². The van der Waals surface area contributed by atoms with Gasteiger partial charge in [-0.1, -0.05) is 23.7 Å². The number of ether oxygens (including phenoxy) is 1. The normalized spacial score (nSPS) is 16.2. The van der Waals surface area contributed by atoms with E-state index in [0.29, 0.717) is 36.8 Å². The quantitative estimate of drug-likeness (QED) is 0.748. The van der Waals surface area contributed by atoms with Gasteiger partial charge < -0.3 is 14.5 Å². The van der Waals surface area contributed by atoms with E-state index in [2.05, 4.69) is 6.07 Å². The summed E-state index contributed by atoms with van der Waals surface area (Å²) in [5.41, 5.74) is 2.75. The van der Waals surface area contributed by atoms with Crippen LogP contribution in [-0.2, 0) is 11.2 Å². The minimum Gasteiger partial charge on any atom is -0.493 e. The molecule has 2 amide bonds. The number of hydrogen-bond donors (Lipinski definition) is 0. The predicted molar refractivity (Wildman–Crippen MR) is 109 cm³/mol. The smallest absolute Gasteiger partial charge is 0.254 e. The molecule has 0 spiro atoms. The third-order valence-corrected chi connectivity index (χ3v) is 5.32. The van der Waals surface area contributed by atoms with Gasteiger partial charge in [0.25, 0.3) is 5.91 Å². The van der Waals surface area contributed by atoms with Crippen molar-refractivity contribution in [3.63, 3.8) is 0 Å². The molecular formula is C22H21ClN2O3. The second-order valence-corrected chi connectivity index (χ2v) is 7.36. The number of benzene rings is 2. The van der Waals surface area contributed by atoms with Crippen LogP contribution >= 0.6 is 11.6 Å². The molecule has 2 aromatic carbocycles. The molecular weight excluding hydrogens is 376 g/mol. The van der Waals surface area contributed by atoms with Crippen molar-refractivity contribution < 1.29 is 14.3 Å². The van der Waals surface area contributed by atoms with Crippen LogP contribution < -0.4 is 4.74 Å². The number of nitrogens with zero attached hydrogens (tertiary/aromatic N) is 2. The first kappa shape index (κ1) is 18.6. The monoisotopic (exact) mass is 396 g/mol. The van der Waals surface area contributed by atoms with Crippen molar-refractivity contribution >= 4 is 29.5 Å². The number of piperazine rings is 1. The van der Waals surface area contributed by atoms with Gasteiger partial charge in [-0.25, -0.2) is 0 Å². The third kappa shape index (κ3) is 4.04. The summed E-state index contributed by atoms with van der Waals surface area (Å²) in [5.74, 6) is 0.848. The van der Waals surface area contributed by atoms with Crippen molar-refractivity contribution in [2.75, 3.05) is 32.8 Å². The molecule has 2 heterocycles. The van der Waals surface area contributed by atoms with E-state index in [4.69, 9.17) is 16.3 Å². The first-order chi connectivity index (χ1) is 13.6. The zero-order valence-electron chi connectivity index (χ0n) is 15.4. The molecule has 1 saturated heterocycles. The third-order valence-electron chi connectivity index (χ3n) is 5.08. The van der Waals surface area contributed by atoms with Crippen molar-refractivity contribution in [1.82, 2.24) is 9.80 Å². The summed E-state index contributed by atoms with van der Waals surface area (Å²) in [4.78, 5) is 28.6. The molecule has 0 atom stereocenters. The van der Waals surface area contributed by atoms with Crippen molar-refractivity contribution in [1.29, 1.82) is 0 Å². The molecule has 0 aliphatic carbocycles. The fraction of sp³-hybridized carbons (Fsp3) is 0.273. The molecule has 0 aromatic heterocycles. The minimum atomic E-state index is -0.0505. The molecule has 2 aliphatic rings. The molecule has 0 radical (unpaired) electrons. The van der Waals surface area contributed by atoms with E-state index in [9.17, 15) is 9.59 Å².